The lowest BCUT2D eigenvalue weighted by molar-refractivity contribution is -0.173. The first-order valence-corrected chi connectivity index (χ1v) is 6.40. The first-order chi connectivity index (χ1) is 7.97. The molecule has 0 saturated heterocycles. The summed E-state index contributed by atoms with van der Waals surface area (Å²) in [6.45, 7) is 0.256. The normalized spacial score (nSPS) is 26.1. The Morgan fingerprint density at radius 1 is 1.18 bits per heavy atom. The summed E-state index contributed by atoms with van der Waals surface area (Å²) in [6, 6.07) is 0. The van der Waals surface area contributed by atoms with Crippen LogP contribution in [0.15, 0.2) is 0 Å². The molecule has 0 aromatic carbocycles. The Kier molecular flexibility index (Phi) is 6.59. The van der Waals surface area contributed by atoms with Crippen molar-refractivity contribution in [1.82, 2.24) is 5.32 Å². The summed E-state index contributed by atoms with van der Waals surface area (Å²) in [6.07, 6.45) is 0.0603. The average Bonchev–Trinajstić information content (AvgIpc) is 2.24. The molecule has 1 fully saturated rings. The topological polar surface area (TPSA) is 21.3 Å². The highest BCUT2D eigenvalue weighted by molar-refractivity contribution is 6.20. The van der Waals surface area contributed by atoms with E-state index in [9.17, 15) is 13.2 Å². The number of rotatable bonds is 6. The van der Waals surface area contributed by atoms with Crippen molar-refractivity contribution in [3.63, 3.8) is 0 Å². The van der Waals surface area contributed by atoms with Gasteiger partial charge in [-0.2, -0.15) is 13.2 Å². The van der Waals surface area contributed by atoms with Gasteiger partial charge in [-0.25, -0.2) is 0 Å². The second-order valence-electron chi connectivity index (χ2n) is 4.49. The lowest BCUT2D eigenvalue weighted by Crippen LogP contribution is -2.30. The van der Waals surface area contributed by atoms with Gasteiger partial charge in [-0.3, -0.25) is 0 Å². The van der Waals surface area contributed by atoms with Crippen molar-refractivity contribution in [2.24, 2.45) is 5.92 Å². The Morgan fingerprint density at radius 2 is 1.82 bits per heavy atom. The van der Waals surface area contributed by atoms with Crippen molar-refractivity contribution in [2.75, 3.05) is 26.3 Å². The SMILES string of the molecule is FC(F)(F)COCCNCC1CCC(Cl)CC1. The van der Waals surface area contributed by atoms with Crippen LogP contribution in [0.4, 0.5) is 13.2 Å². The molecule has 1 rings (SSSR count). The second kappa shape index (κ2) is 7.44. The maximum Gasteiger partial charge on any atom is 0.411 e. The van der Waals surface area contributed by atoms with Gasteiger partial charge in [-0.1, -0.05) is 0 Å². The molecule has 0 aliphatic heterocycles. The van der Waals surface area contributed by atoms with E-state index >= 15 is 0 Å². The third-order valence-corrected chi connectivity index (χ3v) is 3.33. The Labute approximate surface area is 105 Å². The van der Waals surface area contributed by atoms with Crippen molar-refractivity contribution in [2.45, 2.75) is 37.2 Å². The third kappa shape index (κ3) is 7.84. The molecular formula is C11H19ClF3NO. The fourth-order valence-electron chi connectivity index (χ4n) is 1.96. The van der Waals surface area contributed by atoms with Gasteiger partial charge in [-0.05, 0) is 38.1 Å². The van der Waals surface area contributed by atoms with E-state index in [4.69, 9.17) is 11.6 Å². The minimum atomic E-state index is -4.22. The summed E-state index contributed by atoms with van der Waals surface area (Å²) in [7, 11) is 0. The minimum Gasteiger partial charge on any atom is -0.371 e. The zero-order chi connectivity index (χ0) is 12.7. The van der Waals surface area contributed by atoms with Crippen molar-refractivity contribution in [3.05, 3.63) is 0 Å². The predicted molar refractivity (Wildman–Crippen MR) is 61.3 cm³/mol. The van der Waals surface area contributed by atoms with E-state index in [1.165, 1.54) is 0 Å². The predicted octanol–water partition coefficient (Wildman–Crippen LogP) is 2.95. The molecule has 0 heterocycles. The first kappa shape index (κ1) is 15.1. The van der Waals surface area contributed by atoms with Gasteiger partial charge in [0.2, 0.25) is 0 Å². The highest BCUT2D eigenvalue weighted by atomic mass is 35.5. The van der Waals surface area contributed by atoms with Crippen molar-refractivity contribution in [3.8, 4) is 0 Å². The van der Waals surface area contributed by atoms with Crippen LogP contribution in [0.25, 0.3) is 0 Å². The molecule has 2 nitrogen and oxygen atoms in total. The summed E-state index contributed by atoms with van der Waals surface area (Å²) in [5.41, 5.74) is 0. The Balaban J connectivity index is 1.91. The summed E-state index contributed by atoms with van der Waals surface area (Å²) < 4.78 is 39.7. The number of nitrogens with one attached hydrogen (secondary N) is 1. The Hall–Kier alpha value is 0. The number of alkyl halides is 4. The molecule has 1 saturated carbocycles. The number of hydrogen-bond acceptors (Lipinski definition) is 2. The van der Waals surface area contributed by atoms with Crippen LogP contribution in [-0.4, -0.2) is 37.9 Å². The molecule has 0 amide bonds. The fraction of sp³-hybridized carbons (Fsp3) is 1.00. The average molecular weight is 274 g/mol. The van der Waals surface area contributed by atoms with Crippen molar-refractivity contribution < 1.29 is 17.9 Å². The second-order valence-corrected chi connectivity index (χ2v) is 5.11. The summed E-state index contributed by atoms with van der Waals surface area (Å²) in [5, 5.41) is 3.43. The van der Waals surface area contributed by atoms with Gasteiger partial charge in [0.25, 0.3) is 0 Å². The smallest absolute Gasteiger partial charge is 0.371 e. The summed E-state index contributed by atoms with van der Waals surface area (Å²) in [4.78, 5) is 0. The molecule has 0 aromatic rings. The third-order valence-electron chi connectivity index (χ3n) is 2.90. The largest absolute Gasteiger partial charge is 0.411 e. The van der Waals surface area contributed by atoms with Gasteiger partial charge < -0.3 is 10.1 Å². The Morgan fingerprint density at radius 3 is 2.41 bits per heavy atom. The van der Waals surface area contributed by atoms with Crippen LogP contribution in [0.3, 0.4) is 0 Å². The molecule has 1 N–H and O–H groups in total. The van der Waals surface area contributed by atoms with Crippen molar-refractivity contribution in [1.29, 1.82) is 0 Å². The standard InChI is InChI=1S/C11H19ClF3NO/c12-10-3-1-9(2-4-10)7-16-5-6-17-8-11(13,14)15/h9-10,16H,1-8H2. The van der Waals surface area contributed by atoms with E-state index in [0.29, 0.717) is 17.8 Å². The lowest BCUT2D eigenvalue weighted by Gasteiger charge is -2.25. The van der Waals surface area contributed by atoms with Crippen LogP contribution in [0.1, 0.15) is 25.7 Å². The molecule has 17 heavy (non-hydrogen) atoms. The first-order valence-electron chi connectivity index (χ1n) is 5.96. The van der Waals surface area contributed by atoms with E-state index in [2.05, 4.69) is 10.1 Å². The number of halogens is 4. The molecule has 0 spiro atoms. The molecule has 1 aliphatic rings. The monoisotopic (exact) mass is 273 g/mol. The van der Waals surface area contributed by atoms with Crippen LogP contribution in [0.5, 0.6) is 0 Å². The molecular weight excluding hydrogens is 255 g/mol. The van der Waals surface area contributed by atoms with E-state index in [1.54, 1.807) is 0 Å². The summed E-state index contributed by atoms with van der Waals surface area (Å²) in [5.74, 6) is 0.604. The van der Waals surface area contributed by atoms with Gasteiger partial charge in [-0.15, -0.1) is 11.6 Å². The number of ether oxygens (including phenoxy) is 1. The highest BCUT2D eigenvalue weighted by Crippen LogP contribution is 2.26. The van der Waals surface area contributed by atoms with Crippen LogP contribution in [-0.2, 0) is 4.74 Å². The maximum atomic E-state index is 11.7. The van der Waals surface area contributed by atoms with Crippen LogP contribution >= 0.6 is 11.6 Å². The quantitative estimate of drug-likeness (QED) is 0.593. The Bertz CT molecular complexity index is 205. The van der Waals surface area contributed by atoms with Crippen molar-refractivity contribution >= 4 is 11.6 Å². The zero-order valence-electron chi connectivity index (χ0n) is 9.73. The molecule has 1 aliphatic carbocycles. The van der Waals surface area contributed by atoms with E-state index in [-0.39, 0.29) is 6.61 Å². The molecule has 102 valence electrons. The van der Waals surface area contributed by atoms with Crippen LogP contribution in [0.2, 0.25) is 0 Å². The number of hydrogen-bond donors (Lipinski definition) is 1. The molecule has 0 aromatic heterocycles. The van der Waals surface area contributed by atoms with Crippen LogP contribution < -0.4 is 5.32 Å². The molecule has 0 bridgehead atoms. The minimum absolute atomic E-state index is 0.102. The summed E-state index contributed by atoms with van der Waals surface area (Å²) >= 11 is 5.98. The zero-order valence-corrected chi connectivity index (χ0v) is 10.5. The van der Waals surface area contributed by atoms with E-state index < -0.39 is 12.8 Å². The lowest BCUT2D eigenvalue weighted by atomic mass is 9.89. The van der Waals surface area contributed by atoms with Gasteiger partial charge in [0.1, 0.15) is 6.61 Å². The maximum absolute atomic E-state index is 11.7. The molecule has 0 atom stereocenters. The van der Waals surface area contributed by atoms with Gasteiger partial charge in [0.15, 0.2) is 0 Å². The molecule has 6 heteroatoms. The van der Waals surface area contributed by atoms with Gasteiger partial charge in [0, 0.05) is 11.9 Å². The highest BCUT2D eigenvalue weighted by Gasteiger charge is 2.27. The molecule has 0 unspecified atom stereocenters. The van der Waals surface area contributed by atoms with E-state index in [0.717, 1.165) is 32.2 Å². The van der Waals surface area contributed by atoms with Crippen LogP contribution in [0, 0.1) is 5.92 Å². The molecule has 0 radical (unpaired) electrons. The van der Waals surface area contributed by atoms with E-state index in [1.807, 2.05) is 0 Å². The fourth-order valence-corrected chi connectivity index (χ4v) is 2.22. The van der Waals surface area contributed by atoms with Gasteiger partial charge in [0.05, 0.1) is 6.61 Å². The van der Waals surface area contributed by atoms with Gasteiger partial charge >= 0.3 is 6.18 Å².